The number of hydrogen-bond acceptors (Lipinski definition) is 4. The van der Waals surface area contributed by atoms with Crippen molar-refractivity contribution in [2.45, 2.75) is 44.6 Å². The van der Waals surface area contributed by atoms with Gasteiger partial charge in [0.25, 0.3) is 0 Å². The Morgan fingerprint density at radius 3 is 2.61 bits per heavy atom. The topological polar surface area (TPSA) is 35.5 Å². The molecule has 3 nitrogen and oxygen atoms in total. The van der Waals surface area contributed by atoms with E-state index in [-0.39, 0.29) is 6.10 Å². The van der Waals surface area contributed by atoms with Gasteiger partial charge in [-0.05, 0) is 57.3 Å². The van der Waals surface area contributed by atoms with Crippen LogP contribution < -0.4 is 5.32 Å². The lowest BCUT2D eigenvalue weighted by atomic mass is 10.2. The second-order valence-electron chi connectivity index (χ2n) is 5.27. The second kappa shape index (κ2) is 11.1. The van der Waals surface area contributed by atoms with E-state index >= 15 is 0 Å². The molecular weight excluding hydrogens is 244 g/mol. The lowest BCUT2D eigenvalue weighted by Crippen LogP contribution is -2.37. The van der Waals surface area contributed by atoms with Gasteiger partial charge < -0.3 is 15.3 Å². The van der Waals surface area contributed by atoms with Crippen LogP contribution in [0.5, 0.6) is 0 Å². The molecule has 1 saturated heterocycles. The maximum absolute atomic E-state index is 9.88. The first-order chi connectivity index (χ1) is 8.83. The van der Waals surface area contributed by atoms with Crippen molar-refractivity contribution in [1.29, 1.82) is 0 Å². The van der Waals surface area contributed by atoms with Crippen molar-refractivity contribution in [3.05, 3.63) is 0 Å². The molecular formula is C14H30N2OS. The quantitative estimate of drug-likeness (QED) is 0.565. The predicted molar refractivity (Wildman–Crippen MR) is 81.4 cm³/mol. The minimum atomic E-state index is -0.195. The molecule has 0 saturated carbocycles. The number of rotatable bonds is 11. The first-order valence-electron chi connectivity index (χ1n) is 7.43. The van der Waals surface area contributed by atoms with Crippen molar-refractivity contribution in [3.8, 4) is 0 Å². The largest absolute Gasteiger partial charge is 0.390 e. The van der Waals surface area contributed by atoms with Crippen LogP contribution in [0.25, 0.3) is 0 Å². The molecule has 4 heteroatoms. The number of thioether (sulfide) groups is 1. The van der Waals surface area contributed by atoms with Gasteiger partial charge in [-0.2, -0.15) is 11.8 Å². The van der Waals surface area contributed by atoms with Gasteiger partial charge in [0.1, 0.15) is 0 Å². The molecule has 1 aliphatic heterocycles. The van der Waals surface area contributed by atoms with E-state index in [1.54, 1.807) is 0 Å². The maximum Gasteiger partial charge on any atom is 0.0791 e. The fourth-order valence-corrected chi connectivity index (χ4v) is 2.94. The third-order valence-corrected chi connectivity index (χ3v) is 4.20. The third kappa shape index (κ3) is 8.35. The van der Waals surface area contributed by atoms with Gasteiger partial charge in [0.2, 0.25) is 0 Å². The van der Waals surface area contributed by atoms with Gasteiger partial charge in [-0.3, -0.25) is 0 Å². The lowest BCUT2D eigenvalue weighted by molar-refractivity contribution is 0.123. The molecule has 0 aromatic heterocycles. The fourth-order valence-electron chi connectivity index (χ4n) is 2.45. The highest BCUT2D eigenvalue weighted by atomic mass is 32.2. The number of aliphatic hydroxyl groups excluding tert-OH is 1. The summed E-state index contributed by atoms with van der Waals surface area (Å²) in [5.74, 6) is 1.29. The van der Waals surface area contributed by atoms with Crippen LogP contribution in [0.1, 0.15) is 38.5 Å². The molecule has 1 fully saturated rings. The van der Waals surface area contributed by atoms with Gasteiger partial charge in [-0.25, -0.2) is 0 Å². The maximum atomic E-state index is 9.88. The monoisotopic (exact) mass is 274 g/mol. The van der Waals surface area contributed by atoms with Crippen LogP contribution in [0.4, 0.5) is 0 Å². The average Bonchev–Trinajstić information content (AvgIpc) is 2.85. The highest BCUT2D eigenvalue weighted by Crippen LogP contribution is 2.07. The summed E-state index contributed by atoms with van der Waals surface area (Å²) in [6, 6.07) is 0. The number of unbranched alkanes of at least 4 members (excludes halogenated alkanes) is 3. The smallest absolute Gasteiger partial charge is 0.0791 e. The van der Waals surface area contributed by atoms with E-state index in [0.717, 1.165) is 19.6 Å². The summed E-state index contributed by atoms with van der Waals surface area (Å²) < 4.78 is 0. The van der Waals surface area contributed by atoms with Crippen molar-refractivity contribution in [3.63, 3.8) is 0 Å². The van der Waals surface area contributed by atoms with Gasteiger partial charge >= 0.3 is 0 Å². The van der Waals surface area contributed by atoms with Crippen molar-refractivity contribution < 1.29 is 5.11 Å². The Bertz CT molecular complexity index is 187. The Kier molecular flexibility index (Phi) is 10.0. The SMILES string of the molecule is CSCCCCCCNCC(O)CN1CCCC1. The predicted octanol–water partition coefficient (Wildman–Crippen LogP) is 1.96. The zero-order valence-electron chi connectivity index (χ0n) is 11.9. The Morgan fingerprint density at radius 1 is 1.17 bits per heavy atom. The van der Waals surface area contributed by atoms with Crippen LogP contribution in [0, 0.1) is 0 Å². The molecule has 1 rings (SSSR count). The van der Waals surface area contributed by atoms with E-state index in [1.165, 1.54) is 57.4 Å². The van der Waals surface area contributed by atoms with Gasteiger partial charge in [0.15, 0.2) is 0 Å². The van der Waals surface area contributed by atoms with Crippen molar-refractivity contribution >= 4 is 11.8 Å². The van der Waals surface area contributed by atoms with Crippen LogP contribution in [0.3, 0.4) is 0 Å². The molecule has 1 atom stereocenters. The van der Waals surface area contributed by atoms with Crippen LogP contribution in [0.2, 0.25) is 0 Å². The molecule has 108 valence electrons. The minimum absolute atomic E-state index is 0.195. The van der Waals surface area contributed by atoms with Crippen LogP contribution >= 0.6 is 11.8 Å². The Balaban J connectivity index is 1.81. The average molecular weight is 274 g/mol. The zero-order valence-corrected chi connectivity index (χ0v) is 12.7. The van der Waals surface area contributed by atoms with E-state index in [2.05, 4.69) is 16.5 Å². The van der Waals surface area contributed by atoms with Gasteiger partial charge in [0.05, 0.1) is 6.10 Å². The normalized spacial score (nSPS) is 18.3. The van der Waals surface area contributed by atoms with Gasteiger partial charge in [-0.1, -0.05) is 12.8 Å². The number of aliphatic hydroxyl groups is 1. The number of hydrogen-bond donors (Lipinski definition) is 2. The van der Waals surface area contributed by atoms with Crippen LogP contribution in [-0.4, -0.2) is 60.8 Å². The molecule has 2 N–H and O–H groups in total. The van der Waals surface area contributed by atoms with Gasteiger partial charge in [0, 0.05) is 13.1 Å². The number of likely N-dealkylation sites (tertiary alicyclic amines) is 1. The Labute approximate surface area is 117 Å². The number of nitrogens with zero attached hydrogens (tertiary/aromatic N) is 1. The molecule has 1 unspecified atom stereocenters. The fraction of sp³-hybridized carbons (Fsp3) is 1.00. The highest BCUT2D eigenvalue weighted by molar-refractivity contribution is 7.98. The van der Waals surface area contributed by atoms with E-state index < -0.39 is 0 Å². The third-order valence-electron chi connectivity index (χ3n) is 3.50. The summed E-state index contributed by atoms with van der Waals surface area (Å²) in [6.45, 7) is 5.00. The molecule has 0 amide bonds. The first-order valence-corrected chi connectivity index (χ1v) is 8.82. The standard InChI is InChI=1S/C14H30N2OS/c1-18-11-7-3-2-4-8-15-12-14(17)13-16-9-5-6-10-16/h14-15,17H,2-13H2,1H3. The Morgan fingerprint density at radius 2 is 1.89 bits per heavy atom. The lowest BCUT2D eigenvalue weighted by Gasteiger charge is -2.19. The summed E-state index contributed by atoms with van der Waals surface area (Å²) >= 11 is 1.94. The molecule has 0 aromatic carbocycles. The molecule has 1 aliphatic rings. The molecule has 0 aromatic rings. The van der Waals surface area contributed by atoms with E-state index in [1.807, 2.05) is 11.8 Å². The Hall–Kier alpha value is 0.230. The summed E-state index contributed by atoms with van der Waals surface area (Å²) in [7, 11) is 0. The molecule has 0 bridgehead atoms. The number of nitrogens with one attached hydrogen (secondary N) is 1. The summed E-state index contributed by atoms with van der Waals surface area (Å²) in [6.07, 6.45) is 9.83. The van der Waals surface area contributed by atoms with E-state index in [0.29, 0.717) is 0 Å². The summed E-state index contributed by atoms with van der Waals surface area (Å²) in [5, 5.41) is 13.2. The van der Waals surface area contributed by atoms with E-state index in [9.17, 15) is 5.11 Å². The number of β-amino-alcohol motifs (C(OH)–C–C–N with tert-alkyl or cyclic N) is 1. The zero-order chi connectivity index (χ0) is 13.1. The minimum Gasteiger partial charge on any atom is -0.390 e. The van der Waals surface area contributed by atoms with Crippen LogP contribution in [0.15, 0.2) is 0 Å². The highest BCUT2D eigenvalue weighted by Gasteiger charge is 2.14. The summed E-state index contributed by atoms with van der Waals surface area (Å²) in [4.78, 5) is 2.37. The second-order valence-corrected chi connectivity index (χ2v) is 6.26. The molecule has 0 spiro atoms. The molecule has 0 radical (unpaired) electrons. The molecule has 18 heavy (non-hydrogen) atoms. The van der Waals surface area contributed by atoms with Crippen LogP contribution in [-0.2, 0) is 0 Å². The molecule has 1 heterocycles. The first kappa shape index (κ1) is 16.3. The van der Waals surface area contributed by atoms with Crippen molar-refractivity contribution in [2.75, 3.05) is 44.7 Å². The van der Waals surface area contributed by atoms with E-state index in [4.69, 9.17) is 0 Å². The summed E-state index contributed by atoms with van der Waals surface area (Å²) in [5.41, 5.74) is 0. The van der Waals surface area contributed by atoms with Gasteiger partial charge in [-0.15, -0.1) is 0 Å². The van der Waals surface area contributed by atoms with Crippen molar-refractivity contribution in [2.24, 2.45) is 0 Å². The molecule has 0 aliphatic carbocycles. The van der Waals surface area contributed by atoms with Crippen molar-refractivity contribution in [1.82, 2.24) is 10.2 Å².